The zero-order valence-electron chi connectivity index (χ0n) is 8.88. The first-order valence-electron chi connectivity index (χ1n) is 4.94. The Balaban J connectivity index is 2.47. The van der Waals surface area contributed by atoms with Crippen molar-refractivity contribution < 1.29 is 13.6 Å². The fraction of sp³-hybridized carbons (Fsp3) is 0. The van der Waals surface area contributed by atoms with E-state index in [1.165, 1.54) is 18.2 Å². The Morgan fingerprint density at radius 1 is 1.11 bits per heavy atom. The first-order valence-corrected chi connectivity index (χ1v) is 6.11. The van der Waals surface area contributed by atoms with Crippen molar-refractivity contribution in [2.24, 2.45) is 0 Å². The minimum atomic E-state index is -0.569. The molecular formula is C13H6BrClF2O. The third kappa shape index (κ3) is 2.60. The molecule has 92 valence electrons. The first-order chi connectivity index (χ1) is 8.49. The molecule has 0 aliphatic carbocycles. The van der Waals surface area contributed by atoms with Crippen LogP contribution >= 0.6 is 27.5 Å². The second-order valence-corrected chi connectivity index (χ2v) is 4.84. The Morgan fingerprint density at radius 3 is 2.50 bits per heavy atom. The summed E-state index contributed by atoms with van der Waals surface area (Å²) < 4.78 is 26.7. The third-order valence-corrected chi connectivity index (χ3v) is 3.33. The van der Waals surface area contributed by atoms with Crippen LogP contribution in [0.1, 0.15) is 15.9 Å². The van der Waals surface area contributed by atoms with E-state index in [9.17, 15) is 13.6 Å². The fourth-order valence-electron chi connectivity index (χ4n) is 1.46. The minimum Gasteiger partial charge on any atom is -0.289 e. The molecule has 18 heavy (non-hydrogen) atoms. The second kappa shape index (κ2) is 5.16. The predicted octanol–water partition coefficient (Wildman–Crippen LogP) is 4.61. The molecule has 0 fully saturated rings. The van der Waals surface area contributed by atoms with E-state index in [0.717, 1.165) is 18.2 Å². The number of hydrogen-bond acceptors (Lipinski definition) is 1. The van der Waals surface area contributed by atoms with Crippen molar-refractivity contribution in [2.75, 3.05) is 0 Å². The third-order valence-electron chi connectivity index (χ3n) is 2.35. The Labute approximate surface area is 116 Å². The maximum Gasteiger partial charge on any atom is 0.194 e. The van der Waals surface area contributed by atoms with Gasteiger partial charge in [0.05, 0.1) is 9.50 Å². The lowest BCUT2D eigenvalue weighted by Gasteiger charge is -2.04. The van der Waals surface area contributed by atoms with E-state index in [-0.39, 0.29) is 20.6 Å². The van der Waals surface area contributed by atoms with Gasteiger partial charge in [0.1, 0.15) is 11.6 Å². The molecule has 2 aromatic carbocycles. The van der Waals surface area contributed by atoms with Crippen LogP contribution in [0.3, 0.4) is 0 Å². The topological polar surface area (TPSA) is 17.1 Å². The molecule has 0 spiro atoms. The minimum absolute atomic E-state index is 0.0124. The zero-order valence-corrected chi connectivity index (χ0v) is 11.2. The van der Waals surface area contributed by atoms with E-state index >= 15 is 0 Å². The highest BCUT2D eigenvalue weighted by atomic mass is 79.9. The molecule has 2 aromatic rings. The van der Waals surface area contributed by atoms with Crippen LogP contribution < -0.4 is 0 Å². The van der Waals surface area contributed by atoms with Crippen molar-refractivity contribution in [1.29, 1.82) is 0 Å². The maximum atomic E-state index is 13.3. The van der Waals surface area contributed by atoms with Crippen LogP contribution in [-0.2, 0) is 0 Å². The van der Waals surface area contributed by atoms with Crippen LogP contribution in [0, 0.1) is 11.6 Å². The van der Waals surface area contributed by atoms with Crippen LogP contribution in [0.2, 0.25) is 5.02 Å². The first kappa shape index (κ1) is 13.2. The highest BCUT2D eigenvalue weighted by Gasteiger charge is 2.15. The predicted molar refractivity (Wildman–Crippen MR) is 68.9 cm³/mol. The van der Waals surface area contributed by atoms with Crippen LogP contribution in [0.4, 0.5) is 8.78 Å². The molecule has 0 aliphatic rings. The van der Waals surface area contributed by atoms with Gasteiger partial charge in [-0.05, 0) is 52.3 Å². The van der Waals surface area contributed by atoms with E-state index in [1.54, 1.807) is 0 Å². The molecule has 0 bridgehead atoms. The molecule has 0 saturated carbocycles. The highest BCUT2D eigenvalue weighted by molar-refractivity contribution is 9.10. The van der Waals surface area contributed by atoms with Gasteiger partial charge in [-0.15, -0.1) is 0 Å². The molecular weight excluding hydrogens is 325 g/mol. The van der Waals surface area contributed by atoms with Crippen LogP contribution in [0.25, 0.3) is 0 Å². The Bertz CT molecular complexity index is 628. The number of rotatable bonds is 2. The van der Waals surface area contributed by atoms with Crippen molar-refractivity contribution in [3.05, 3.63) is 68.7 Å². The van der Waals surface area contributed by atoms with E-state index in [2.05, 4.69) is 15.9 Å². The molecule has 0 amide bonds. The summed E-state index contributed by atoms with van der Waals surface area (Å²) in [5, 5.41) is 0.129. The number of hydrogen-bond donors (Lipinski definition) is 0. The second-order valence-electron chi connectivity index (χ2n) is 3.58. The van der Waals surface area contributed by atoms with Gasteiger partial charge < -0.3 is 0 Å². The number of carbonyl (C=O) groups excluding carboxylic acids is 1. The van der Waals surface area contributed by atoms with Gasteiger partial charge in [0, 0.05) is 11.1 Å². The van der Waals surface area contributed by atoms with Crippen molar-refractivity contribution in [2.45, 2.75) is 0 Å². The Hall–Kier alpha value is -1.26. The lowest BCUT2D eigenvalue weighted by molar-refractivity contribution is 0.103. The van der Waals surface area contributed by atoms with Gasteiger partial charge in [0.25, 0.3) is 0 Å². The number of carbonyl (C=O) groups is 1. The van der Waals surface area contributed by atoms with Crippen molar-refractivity contribution >= 4 is 33.3 Å². The molecule has 0 N–H and O–H groups in total. The summed E-state index contributed by atoms with van der Waals surface area (Å²) in [6.07, 6.45) is 0. The summed E-state index contributed by atoms with van der Waals surface area (Å²) in [4.78, 5) is 12.0. The largest absolute Gasteiger partial charge is 0.289 e. The van der Waals surface area contributed by atoms with Gasteiger partial charge in [-0.1, -0.05) is 11.6 Å². The van der Waals surface area contributed by atoms with E-state index in [4.69, 9.17) is 11.6 Å². The molecule has 0 saturated heterocycles. The van der Waals surface area contributed by atoms with Crippen LogP contribution in [0.15, 0.2) is 40.9 Å². The molecule has 5 heteroatoms. The zero-order chi connectivity index (χ0) is 13.3. The Morgan fingerprint density at radius 2 is 1.83 bits per heavy atom. The molecule has 2 rings (SSSR count). The molecule has 0 heterocycles. The standard InChI is InChI=1S/C13H6BrClF2O/c14-10-3-1-7(5-12(10)17)13(18)9-6-8(16)2-4-11(9)15/h1-6H. The van der Waals surface area contributed by atoms with E-state index in [0.29, 0.717) is 0 Å². The molecule has 1 nitrogen and oxygen atoms in total. The summed E-state index contributed by atoms with van der Waals surface area (Å²) in [6, 6.07) is 7.41. The fourth-order valence-corrected chi connectivity index (χ4v) is 1.91. The normalized spacial score (nSPS) is 10.4. The average Bonchev–Trinajstić information content (AvgIpc) is 2.35. The molecule has 0 unspecified atom stereocenters. The molecule has 0 atom stereocenters. The SMILES string of the molecule is O=C(c1ccc(Br)c(F)c1)c1cc(F)ccc1Cl. The van der Waals surface area contributed by atoms with Crippen LogP contribution in [-0.4, -0.2) is 5.78 Å². The summed E-state index contributed by atoms with van der Waals surface area (Å²) in [5.74, 6) is -1.65. The molecule has 0 aromatic heterocycles. The lowest BCUT2D eigenvalue weighted by atomic mass is 10.0. The summed E-state index contributed by atoms with van der Waals surface area (Å²) in [5.41, 5.74) is 0.126. The van der Waals surface area contributed by atoms with Crippen molar-refractivity contribution in [3.8, 4) is 0 Å². The highest BCUT2D eigenvalue weighted by Crippen LogP contribution is 2.23. The van der Waals surface area contributed by atoms with Crippen LogP contribution in [0.5, 0.6) is 0 Å². The Kier molecular flexibility index (Phi) is 3.78. The van der Waals surface area contributed by atoms with Crippen molar-refractivity contribution in [1.82, 2.24) is 0 Å². The van der Waals surface area contributed by atoms with Gasteiger partial charge in [-0.25, -0.2) is 8.78 Å². The summed E-state index contributed by atoms with van der Waals surface area (Å²) in [7, 11) is 0. The van der Waals surface area contributed by atoms with E-state index in [1.807, 2.05) is 0 Å². The number of benzene rings is 2. The smallest absolute Gasteiger partial charge is 0.194 e. The van der Waals surface area contributed by atoms with Gasteiger partial charge in [-0.3, -0.25) is 4.79 Å². The molecule has 0 radical (unpaired) electrons. The lowest BCUT2D eigenvalue weighted by Crippen LogP contribution is -2.03. The summed E-state index contributed by atoms with van der Waals surface area (Å²) >= 11 is 8.81. The van der Waals surface area contributed by atoms with Gasteiger partial charge in [-0.2, -0.15) is 0 Å². The van der Waals surface area contributed by atoms with Gasteiger partial charge in [0.2, 0.25) is 0 Å². The monoisotopic (exact) mass is 330 g/mol. The summed E-state index contributed by atoms with van der Waals surface area (Å²) in [6.45, 7) is 0. The quantitative estimate of drug-likeness (QED) is 0.734. The molecule has 0 aliphatic heterocycles. The van der Waals surface area contributed by atoms with Crippen molar-refractivity contribution in [3.63, 3.8) is 0 Å². The average molecular weight is 332 g/mol. The van der Waals surface area contributed by atoms with Gasteiger partial charge in [0.15, 0.2) is 5.78 Å². The number of halogens is 4. The van der Waals surface area contributed by atoms with E-state index < -0.39 is 17.4 Å². The van der Waals surface area contributed by atoms with Gasteiger partial charge >= 0.3 is 0 Å². The number of ketones is 1. The maximum absolute atomic E-state index is 13.3.